The molecule has 2 N–H and O–H groups in total. The minimum absolute atomic E-state index is 0.237. The largest absolute Gasteiger partial charge is 0.459 e. The number of nitrogens with one attached hydrogen (secondary N) is 2. The number of aromatic nitrogens is 2. The summed E-state index contributed by atoms with van der Waals surface area (Å²) in [6, 6.07) is 12.3. The number of amides is 1. The van der Waals surface area contributed by atoms with Crippen molar-refractivity contribution in [2.45, 2.75) is 0 Å². The number of carbonyl (C=O) groups excluding carboxylic acids is 1. The van der Waals surface area contributed by atoms with Gasteiger partial charge in [-0.05, 0) is 29.8 Å². The predicted molar refractivity (Wildman–Crippen MR) is 75.7 cm³/mol. The van der Waals surface area contributed by atoms with Crippen LogP contribution in [-0.2, 0) is 0 Å². The van der Waals surface area contributed by atoms with Gasteiger partial charge < -0.3 is 9.73 Å². The van der Waals surface area contributed by atoms with E-state index >= 15 is 0 Å². The molecule has 0 atom stereocenters. The Morgan fingerprint density at radius 3 is 2.75 bits per heavy atom. The molecule has 0 aliphatic rings. The van der Waals surface area contributed by atoms with Crippen LogP contribution in [0.3, 0.4) is 0 Å². The summed E-state index contributed by atoms with van der Waals surface area (Å²) >= 11 is 5.84. The zero-order valence-electron chi connectivity index (χ0n) is 10.3. The minimum atomic E-state index is -0.343. The van der Waals surface area contributed by atoms with Crippen molar-refractivity contribution < 1.29 is 9.21 Å². The first-order valence-electron chi connectivity index (χ1n) is 5.88. The summed E-state index contributed by atoms with van der Waals surface area (Å²) in [7, 11) is 0. The molecule has 0 bridgehead atoms. The molecule has 0 unspecified atom stereocenters. The molecule has 2 aromatic heterocycles. The molecule has 0 aliphatic carbocycles. The lowest BCUT2D eigenvalue weighted by atomic mass is 10.1. The van der Waals surface area contributed by atoms with Gasteiger partial charge in [0.2, 0.25) is 0 Å². The molecular weight excluding hydrogens is 278 g/mol. The highest BCUT2D eigenvalue weighted by Gasteiger charge is 2.11. The third-order valence-corrected chi connectivity index (χ3v) is 2.97. The molecule has 0 saturated heterocycles. The summed E-state index contributed by atoms with van der Waals surface area (Å²) in [5, 5.41) is 10.2. The Kier molecular flexibility index (Phi) is 3.26. The summed E-state index contributed by atoms with van der Waals surface area (Å²) in [4.78, 5) is 11.8. The Labute approximate surface area is 119 Å². The second kappa shape index (κ2) is 5.22. The van der Waals surface area contributed by atoms with E-state index in [1.807, 2.05) is 12.1 Å². The van der Waals surface area contributed by atoms with E-state index in [1.54, 1.807) is 30.3 Å². The maximum atomic E-state index is 11.8. The van der Waals surface area contributed by atoms with Gasteiger partial charge in [0.05, 0.1) is 12.0 Å². The predicted octanol–water partition coefficient (Wildman–Crippen LogP) is 3.58. The fraction of sp³-hybridized carbons (Fsp3) is 0. The lowest BCUT2D eigenvalue weighted by Gasteiger charge is -1.97. The summed E-state index contributed by atoms with van der Waals surface area (Å²) in [6.45, 7) is 0. The number of benzene rings is 1. The van der Waals surface area contributed by atoms with Crippen LogP contribution in [0.5, 0.6) is 0 Å². The fourth-order valence-corrected chi connectivity index (χ4v) is 1.87. The van der Waals surface area contributed by atoms with Gasteiger partial charge in [0.15, 0.2) is 11.6 Å². The second-order valence-corrected chi connectivity index (χ2v) is 4.54. The van der Waals surface area contributed by atoms with E-state index in [0.29, 0.717) is 10.8 Å². The quantitative estimate of drug-likeness (QED) is 0.773. The SMILES string of the molecule is O=C(Nc1cc(-c2ccc(Cl)cc2)[nH]n1)c1ccco1. The van der Waals surface area contributed by atoms with Crippen molar-refractivity contribution in [3.05, 3.63) is 59.5 Å². The standard InChI is InChI=1S/C14H10ClN3O2/c15-10-5-3-9(4-6-10)11-8-13(18-17-11)16-14(19)12-2-1-7-20-12/h1-8H,(H2,16,17,18,19). The maximum Gasteiger partial charge on any atom is 0.292 e. The van der Waals surface area contributed by atoms with Crippen molar-refractivity contribution in [3.63, 3.8) is 0 Å². The third kappa shape index (κ3) is 2.57. The molecule has 0 aliphatic heterocycles. The summed E-state index contributed by atoms with van der Waals surface area (Å²) in [6.07, 6.45) is 1.44. The van der Waals surface area contributed by atoms with E-state index in [4.69, 9.17) is 16.0 Å². The van der Waals surface area contributed by atoms with Gasteiger partial charge in [-0.15, -0.1) is 0 Å². The van der Waals surface area contributed by atoms with Gasteiger partial charge >= 0.3 is 0 Å². The van der Waals surface area contributed by atoms with Gasteiger partial charge in [-0.2, -0.15) is 5.10 Å². The first-order valence-corrected chi connectivity index (χ1v) is 6.26. The van der Waals surface area contributed by atoms with Crippen LogP contribution in [0.15, 0.2) is 53.1 Å². The van der Waals surface area contributed by atoms with E-state index in [1.165, 1.54) is 6.26 Å². The number of furan rings is 1. The number of H-pyrrole nitrogens is 1. The molecule has 0 fully saturated rings. The average molecular weight is 288 g/mol. The molecule has 0 saturated carbocycles. The van der Waals surface area contributed by atoms with Crippen molar-refractivity contribution in [1.82, 2.24) is 10.2 Å². The number of carbonyl (C=O) groups is 1. The molecular formula is C14H10ClN3O2. The molecule has 6 heteroatoms. The van der Waals surface area contributed by atoms with Crippen LogP contribution in [0, 0.1) is 0 Å². The summed E-state index contributed by atoms with van der Waals surface area (Å²) in [5.74, 6) is 0.321. The zero-order chi connectivity index (χ0) is 13.9. The number of aromatic amines is 1. The van der Waals surface area contributed by atoms with E-state index in [-0.39, 0.29) is 11.7 Å². The van der Waals surface area contributed by atoms with Crippen molar-refractivity contribution in [2.75, 3.05) is 5.32 Å². The Morgan fingerprint density at radius 2 is 2.05 bits per heavy atom. The first-order chi connectivity index (χ1) is 9.72. The topological polar surface area (TPSA) is 70.9 Å². The Bertz CT molecular complexity index is 717. The van der Waals surface area contributed by atoms with E-state index in [9.17, 15) is 4.79 Å². The number of anilines is 1. The number of nitrogens with zero attached hydrogens (tertiary/aromatic N) is 1. The third-order valence-electron chi connectivity index (χ3n) is 2.72. The maximum absolute atomic E-state index is 11.8. The Hall–Kier alpha value is -2.53. The molecule has 100 valence electrons. The van der Waals surface area contributed by atoms with Crippen molar-refractivity contribution in [2.24, 2.45) is 0 Å². The number of halogens is 1. The molecule has 0 radical (unpaired) electrons. The van der Waals surface area contributed by atoms with Gasteiger partial charge in [0.1, 0.15) is 0 Å². The molecule has 1 aromatic carbocycles. The molecule has 3 aromatic rings. The normalized spacial score (nSPS) is 10.4. The molecule has 20 heavy (non-hydrogen) atoms. The number of hydrogen-bond acceptors (Lipinski definition) is 3. The second-order valence-electron chi connectivity index (χ2n) is 4.11. The van der Waals surface area contributed by atoms with E-state index < -0.39 is 0 Å². The van der Waals surface area contributed by atoms with Gasteiger partial charge in [-0.1, -0.05) is 23.7 Å². The molecule has 1 amide bonds. The summed E-state index contributed by atoms with van der Waals surface area (Å²) in [5.41, 5.74) is 1.72. The van der Waals surface area contributed by atoms with Crippen LogP contribution in [-0.4, -0.2) is 16.1 Å². The van der Waals surface area contributed by atoms with E-state index in [2.05, 4.69) is 15.5 Å². The van der Waals surface area contributed by atoms with Crippen LogP contribution in [0.1, 0.15) is 10.6 Å². The number of hydrogen-bond donors (Lipinski definition) is 2. The number of rotatable bonds is 3. The van der Waals surface area contributed by atoms with Crippen molar-refractivity contribution in [3.8, 4) is 11.3 Å². The van der Waals surface area contributed by atoms with E-state index in [0.717, 1.165) is 11.3 Å². The van der Waals surface area contributed by atoms with Crippen LogP contribution in [0.4, 0.5) is 5.82 Å². The monoisotopic (exact) mass is 287 g/mol. The van der Waals surface area contributed by atoms with Gasteiger partial charge in [-0.3, -0.25) is 9.89 Å². The smallest absolute Gasteiger partial charge is 0.292 e. The highest BCUT2D eigenvalue weighted by Crippen LogP contribution is 2.21. The highest BCUT2D eigenvalue weighted by atomic mass is 35.5. The Balaban J connectivity index is 1.77. The van der Waals surface area contributed by atoms with Gasteiger partial charge in [0, 0.05) is 11.1 Å². The van der Waals surface area contributed by atoms with Crippen LogP contribution >= 0.6 is 11.6 Å². The van der Waals surface area contributed by atoms with Gasteiger partial charge in [-0.25, -0.2) is 0 Å². The average Bonchev–Trinajstić information content (AvgIpc) is 3.10. The van der Waals surface area contributed by atoms with Gasteiger partial charge in [0.25, 0.3) is 5.91 Å². The molecule has 3 rings (SSSR count). The van der Waals surface area contributed by atoms with Crippen LogP contribution in [0.25, 0.3) is 11.3 Å². The van der Waals surface area contributed by atoms with Crippen molar-refractivity contribution in [1.29, 1.82) is 0 Å². The molecule has 2 heterocycles. The zero-order valence-corrected chi connectivity index (χ0v) is 11.0. The first kappa shape index (κ1) is 12.5. The van der Waals surface area contributed by atoms with Crippen LogP contribution in [0.2, 0.25) is 5.02 Å². The lowest BCUT2D eigenvalue weighted by Crippen LogP contribution is -2.10. The van der Waals surface area contributed by atoms with Crippen LogP contribution < -0.4 is 5.32 Å². The molecule has 5 nitrogen and oxygen atoms in total. The van der Waals surface area contributed by atoms with Crippen molar-refractivity contribution >= 4 is 23.3 Å². The highest BCUT2D eigenvalue weighted by molar-refractivity contribution is 6.30. The minimum Gasteiger partial charge on any atom is -0.459 e. The Morgan fingerprint density at radius 1 is 1.25 bits per heavy atom. The lowest BCUT2D eigenvalue weighted by molar-refractivity contribution is 0.0996. The summed E-state index contributed by atoms with van der Waals surface area (Å²) < 4.78 is 5.01. The molecule has 0 spiro atoms. The fourth-order valence-electron chi connectivity index (χ4n) is 1.75.